The Balaban J connectivity index is 1.76. The molecule has 2 aromatic heterocycles. The van der Waals surface area contributed by atoms with Crippen LogP contribution in [0.4, 0.5) is 11.8 Å². The summed E-state index contributed by atoms with van der Waals surface area (Å²) in [6.45, 7) is 4.22. The van der Waals surface area contributed by atoms with Crippen molar-refractivity contribution in [2.75, 3.05) is 10.6 Å². The third-order valence-electron chi connectivity index (χ3n) is 5.48. The first-order valence-corrected chi connectivity index (χ1v) is 12.4. The molecule has 4 aromatic rings. The van der Waals surface area contributed by atoms with Crippen LogP contribution in [0.2, 0.25) is 0 Å². The van der Waals surface area contributed by atoms with E-state index in [2.05, 4.69) is 25.6 Å². The molecule has 0 saturated carbocycles. The van der Waals surface area contributed by atoms with Crippen LogP contribution >= 0.6 is 0 Å². The van der Waals surface area contributed by atoms with Gasteiger partial charge in [0, 0.05) is 12.2 Å². The van der Waals surface area contributed by atoms with Crippen molar-refractivity contribution in [3.8, 4) is 5.69 Å². The molecule has 11 heteroatoms. The summed E-state index contributed by atoms with van der Waals surface area (Å²) in [4.78, 5) is 13.8. The van der Waals surface area contributed by atoms with E-state index in [1.54, 1.807) is 30.0 Å². The number of anilines is 2. The number of nitrogens with two attached hydrogens (primary N) is 1. The third kappa shape index (κ3) is 5.16. The zero-order valence-corrected chi connectivity index (χ0v) is 19.7. The smallest absolute Gasteiger partial charge is 0.238 e. The number of aliphatic hydroxyl groups is 1. The van der Waals surface area contributed by atoms with Crippen molar-refractivity contribution in [2.45, 2.75) is 43.9 Å². The fourth-order valence-corrected chi connectivity index (χ4v) is 4.10. The van der Waals surface area contributed by atoms with Crippen LogP contribution in [0, 0.1) is 0 Å². The maximum Gasteiger partial charge on any atom is 0.238 e. The lowest BCUT2D eigenvalue weighted by Crippen LogP contribution is -2.31. The highest BCUT2D eigenvalue weighted by molar-refractivity contribution is 7.89. The number of nitrogens with one attached hydrogen (secondary N) is 2. The van der Waals surface area contributed by atoms with Crippen molar-refractivity contribution in [2.24, 2.45) is 5.14 Å². The predicted octanol–water partition coefficient (Wildman–Crippen LogP) is 2.65. The lowest BCUT2D eigenvalue weighted by atomic mass is 10.1. The first-order chi connectivity index (χ1) is 16.3. The highest BCUT2D eigenvalue weighted by Gasteiger charge is 2.19. The van der Waals surface area contributed by atoms with Gasteiger partial charge in [0.05, 0.1) is 17.0 Å². The third-order valence-corrected chi connectivity index (χ3v) is 6.41. The SMILES string of the molecule is CC[C@H](Nc1nc(NCc2ccccc2)c2ncn(-c3ccc(S(N)(=O)=O)cc3)c2n1)[C@@H](C)O. The average molecular weight is 482 g/mol. The second kappa shape index (κ2) is 9.75. The van der Waals surface area contributed by atoms with E-state index in [0.29, 0.717) is 41.6 Å². The van der Waals surface area contributed by atoms with Crippen LogP contribution in [0.1, 0.15) is 25.8 Å². The van der Waals surface area contributed by atoms with E-state index in [9.17, 15) is 13.5 Å². The molecule has 0 amide bonds. The van der Waals surface area contributed by atoms with E-state index < -0.39 is 16.1 Å². The fourth-order valence-electron chi connectivity index (χ4n) is 3.58. The number of imidazole rings is 1. The minimum atomic E-state index is -3.80. The molecule has 178 valence electrons. The first-order valence-electron chi connectivity index (χ1n) is 10.9. The van der Waals surface area contributed by atoms with E-state index in [4.69, 9.17) is 5.14 Å². The molecule has 0 spiro atoms. The molecule has 5 N–H and O–H groups in total. The predicted molar refractivity (Wildman–Crippen MR) is 131 cm³/mol. The van der Waals surface area contributed by atoms with Crippen LogP contribution in [-0.2, 0) is 16.6 Å². The molecule has 2 aromatic carbocycles. The topological polar surface area (TPSA) is 148 Å². The highest BCUT2D eigenvalue weighted by atomic mass is 32.2. The van der Waals surface area contributed by atoms with Crippen LogP contribution in [-0.4, -0.2) is 45.2 Å². The molecule has 0 bridgehead atoms. The van der Waals surface area contributed by atoms with Gasteiger partial charge in [-0.3, -0.25) is 4.57 Å². The molecule has 4 rings (SSSR count). The summed E-state index contributed by atoms with van der Waals surface area (Å²) in [5.41, 5.74) is 2.83. The molecule has 0 unspecified atom stereocenters. The largest absolute Gasteiger partial charge is 0.391 e. The summed E-state index contributed by atoms with van der Waals surface area (Å²) in [6.07, 6.45) is 1.69. The zero-order chi connectivity index (χ0) is 24.3. The molecule has 0 radical (unpaired) electrons. The molecule has 0 aliphatic carbocycles. The van der Waals surface area contributed by atoms with E-state index in [1.165, 1.54) is 12.1 Å². The fraction of sp³-hybridized carbons (Fsp3) is 0.261. The summed E-state index contributed by atoms with van der Waals surface area (Å²) in [7, 11) is -3.80. The summed E-state index contributed by atoms with van der Waals surface area (Å²) in [6, 6.07) is 15.8. The van der Waals surface area contributed by atoms with Gasteiger partial charge in [-0.15, -0.1) is 0 Å². The monoisotopic (exact) mass is 481 g/mol. The van der Waals surface area contributed by atoms with Gasteiger partial charge in [0.15, 0.2) is 17.0 Å². The van der Waals surface area contributed by atoms with Crippen LogP contribution < -0.4 is 15.8 Å². The van der Waals surface area contributed by atoms with Crippen molar-refractivity contribution < 1.29 is 13.5 Å². The zero-order valence-electron chi connectivity index (χ0n) is 18.9. The Morgan fingerprint density at radius 2 is 1.79 bits per heavy atom. The quantitative estimate of drug-likeness (QED) is 0.285. The molecule has 0 fully saturated rings. The minimum Gasteiger partial charge on any atom is -0.391 e. The molecule has 2 heterocycles. The average Bonchev–Trinajstić information content (AvgIpc) is 3.25. The Morgan fingerprint density at radius 1 is 1.09 bits per heavy atom. The Labute approximate surface area is 197 Å². The van der Waals surface area contributed by atoms with Gasteiger partial charge in [0.1, 0.15) is 6.33 Å². The van der Waals surface area contributed by atoms with Gasteiger partial charge in [-0.2, -0.15) is 9.97 Å². The molecular weight excluding hydrogens is 454 g/mol. The lowest BCUT2D eigenvalue weighted by molar-refractivity contribution is 0.169. The van der Waals surface area contributed by atoms with Crippen molar-refractivity contribution in [3.63, 3.8) is 0 Å². The number of hydrogen-bond donors (Lipinski definition) is 4. The van der Waals surface area contributed by atoms with Crippen molar-refractivity contribution >= 4 is 33.0 Å². The van der Waals surface area contributed by atoms with Gasteiger partial charge in [0.25, 0.3) is 0 Å². The second-order valence-electron chi connectivity index (χ2n) is 7.96. The first kappa shape index (κ1) is 23.6. The summed E-state index contributed by atoms with van der Waals surface area (Å²) in [5.74, 6) is 0.885. The van der Waals surface area contributed by atoms with Gasteiger partial charge in [-0.05, 0) is 43.2 Å². The van der Waals surface area contributed by atoms with Gasteiger partial charge < -0.3 is 15.7 Å². The molecule has 0 saturated heterocycles. The molecule has 2 atom stereocenters. The van der Waals surface area contributed by atoms with E-state index in [0.717, 1.165) is 5.56 Å². The van der Waals surface area contributed by atoms with Gasteiger partial charge in [0.2, 0.25) is 16.0 Å². The van der Waals surface area contributed by atoms with Crippen LogP contribution in [0.15, 0.2) is 65.8 Å². The Morgan fingerprint density at radius 3 is 2.41 bits per heavy atom. The summed E-state index contributed by atoms with van der Waals surface area (Å²) >= 11 is 0. The van der Waals surface area contributed by atoms with Crippen LogP contribution in [0.25, 0.3) is 16.9 Å². The molecule has 34 heavy (non-hydrogen) atoms. The minimum absolute atomic E-state index is 0.0191. The van der Waals surface area contributed by atoms with Gasteiger partial charge >= 0.3 is 0 Å². The summed E-state index contributed by atoms with van der Waals surface area (Å²) < 4.78 is 25.0. The van der Waals surface area contributed by atoms with Gasteiger partial charge in [-0.1, -0.05) is 37.3 Å². The standard InChI is InChI=1S/C23H27N7O3S/c1-3-19(15(2)31)27-23-28-21(25-13-16-7-5-4-6-8-16)20-22(29-23)30(14-26-20)17-9-11-18(12-10-17)34(24,32)33/h4-12,14-15,19,31H,3,13H2,1-2H3,(H2,24,32,33)(H2,25,27,28,29)/t15-,19+/m1/s1. The molecule has 0 aliphatic rings. The lowest BCUT2D eigenvalue weighted by Gasteiger charge is -2.20. The maximum absolute atomic E-state index is 11.6. The van der Waals surface area contributed by atoms with E-state index in [1.807, 2.05) is 37.3 Å². The number of rotatable bonds is 9. The number of hydrogen-bond acceptors (Lipinski definition) is 8. The maximum atomic E-state index is 11.6. The summed E-state index contributed by atoms with van der Waals surface area (Å²) in [5, 5.41) is 21.8. The normalized spacial score (nSPS) is 13.5. The number of sulfonamides is 1. The Hall–Kier alpha value is -3.54. The number of aliphatic hydroxyl groups excluding tert-OH is 1. The number of aromatic nitrogens is 4. The molecular formula is C23H27N7O3S. The molecule has 10 nitrogen and oxygen atoms in total. The second-order valence-corrected chi connectivity index (χ2v) is 9.52. The number of primary sulfonamides is 1. The van der Waals surface area contributed by atoms with Crippen molar-refractivity contribution in [1.82, 2.24) is 19.5 Å². The highest BCUT2D eigenvalue weighted by Crippen LogP contribution is 2.25. The van der Waals surface area contributed by atoms with Gasteiger partial charge in [-0.25, -0.2) is 18.5 Å². The van der Waals surface area contributed by atoms with Crippen molar-refractivity contribution in [1.29, 1.82) is 0 Å². The van der Waals surface area contributed by atoms with Crippen molar-refractivity contribution in [3.05, 3.63) is 66.5 Å². The Kier molecular flexibility index (Phi) is 6.77. The van der Waals surface area contributed by atoms with E-state index >= 15 is 0 Å². The number of benzene rings is 2. The number of fused-ring (bicyclic) bond motifs is 1. The number of nitrogens with zero attached hydrogens (tertiary/aromatic N) is 4. The molecule has 0 aliphatic heterocycles. The van der Waals surface area contributed by atoms with E-state index in [-0.39, 0.29) is 10.9 Å². The van der Waals surface area contributed by atoms with Crippen LogP contribution in [0.5, 0.6) is 0 Å². The Bertz CT molecular complexity index is 1370. The van der Waals surface area contributed by atoms with Crippen LogP contribution in [0.3, 0.4) is 0 Å².